The summed E-state index contributed by atoms with van der Waals surface area (Å²) in [5.41, 5.74) is 11.6. The van der Waals surface area contributed by atoms with Crippen molar-refractivity contribution in [3.8, 4) is 33.6 Å². The van der Waals surface area contributed by atoms with Crippen LogP contribution in [0.4, 0.5) is 0 Å². The lowest BCUT2D eigenvalue weighted by atomic mass is 9.85. The molecule has 0 saturated heterocycles. The van der Waals surface area contributed by atoms with Crippen LogP contribution < -0.4 is 5.46 Å². The van der Waals surface area contributed by atoms with Gasteiger partial charge in [0.25, 0.3) is 0 Å². The number of rotatable bonds is 3. The topological polar surface area (TPSA) is 25.8 Å². The number of pyridine rings is 2. The van der Waals surface area contributed by atoms with E-state index in [-0.39, 0.29) is 0 Å². The molecule has 2 heterocycles. The zero-order valence-electron chi connectivity index (χ0n) is 24.1. The third kappa shape index (κ3) is 4.04. The average molecular weight is 546 g/mol. The highest BCUT2D eigenvalue weighted by atomic mass is 14.7. The van der Waals surface area contributed by atoms with Crippen LogP contribution in [-0.4, -0.2) is 17.8 Å². The largest absolute Gasteiger partial charge is 0.247 e. The van der Waals surface area contributed by atoms with Crippen LogP contribution in [0.1, 0.15) is 11.1 Å². The van der Waals surface area contributed by atoms with Crippen LogP contribution in [0.15, 0.2) is 127 Å². The summed E-state index contributed by atoms with van der Waals surface area (Å²) in [4.78, 5) is 10.7. The van der Waals surface area contributed by atoms with Gasteiger partial charge in [-0.15, -0.1) is 0 Å². The number of hydrogen-bond acceptors (Lipinski definition) is 2. The summed E-state index contributed by atoms with van der Waals surface area (Å²) >= 11 is 0. The number of fused-ring (bicyclic) bond motifs is 6. The number of para-hydroxylation sites is 1. The first-order valence-electron chi connectivity index (χ1n) is 14.6. The summed E-state index contributed by atoms with van der Waals surface area (Å²) in [6.07, 6.45) is 0. The lowest BCUT2D eigenvalue weighted by Crippen LogP contribution is -2.01. The molecule has 2 radical (unpaired) electrons. The van der Waals surface area contributed by atoms with Gasteiger partial charge in [0, 0.05) is 32.7 Å². The van der Waals surface area contributed by atoms with E-state index in [0.717, 1.165) is 60.9 Å². The smallest absolute Gasteiger partial charge is 0.113 e. The minimum atomic E-state index is 0.750. The number of aryl methyl sites for hydroxylation is 2. The average Bonchev–Trinajstić information content (AvgIpc) is 3.06. The molecule has 0 unspecified atom stereocenters. The molecule has 0 aliphatic heterocycles. The van der Waals surface area contributed by atoms with Crippen molar-refractivity contribution in [2.24, 2.45) is 0 Å². The minimum absolute atomic E-state index is 0.750. The Morgan fingerprint density at radius 1 is 0.419 bits per heavy atom. The number of aromatic nitrogens is 2. The normalized spacial score (nSPS) is 11.6. The van der Waals surface area contributed by atoms with Crippen molar-refractivity contribution in [2.45, 2.75) is 13.8 Å². The second kappa shape index (κ2) is 9.92. The molecule has 0 bridgehead atoms. The molecule has 200 valence electrons. The van der Waals surface area contributed by atoms with Crippen molar-refractivity contribution in [3.05, 3.63) is 139 Å². The molecule has 8 rings (SSSR count). The van der Waals surface area contributed by atoms with Crippen molar-refractivity contribution < 1.29 is 0 Å². The van der Waals surface area contributed by atoms with Crippen LogP contribution >= 0.6 is 0 Å². The highest BCUT2D eigenvalue weighted by Gasteiger charge is 2.22. The summed E-state index contributed by atoms with van der Waals surface area (Å²) in [7, 11) is 6.15. The summed E-state index contributed by atoms with van der Waals surface area (Å²) in [6.45, 7) is 4.51. The quantitative estimate of drug-likeness (QED) is 0.125. The molecule has 0 aliphatic carbocycles. The van der Waals surface area contributed by atoms with Gasteiger partial charge in [0.05, 0.1) is 22.4 Å². The molecular weight excluding hydrogens is 519 g/mol. The Morgan fingerprint density at radius 3 is 1.56 bits per heavy atom. The minimum Gasteiger partial charge on any atom is -0.247 e. The molecule has 0 fully saturated rings. The Morgan fingerprint density at radius 2 is 0.930 bits per heavy atom. The zero-order valence-corrected chi connectivity index (χ0v) is 24.1. The first-order chi connectivity index (χ1) is 21.1. The Kier molecular flexibility index (Phi) is 5.87. The molecule has 0 atom stereocenters. The van der Waals surface area contributed by atoms with Crippen molar-refractivity contribution in [1.82, 2.24) is 9.97 Å². The predicted molar refractivity (Wildman–Crippen MR) is 183 cm³/mol. The van der Waals surface area contributed by atoms with Gasteiger partial charge in [0.15, 0.2) is 0 Å². The first-order valence-corrected chi connectivity index (χ1v) is 14.6. The highest BCUT2D eigenvalue weighted by Crippen LogP contribution is 2.45. The van der Waals surface area contributed by atoms with Gasteiger partial charge in [0.1, 0.15) is 7.85 Å². The van der Waals surface area contributed by atoms with E-state index in [1.807, 2.05) is 18.2 Å². The van der Waals surface area contributed by atoms with Crippen molar-refractivity contribution in [1.29, 1.82) is 0 Å². The van der Waals surface area contributed by atoms with E-state index in [0.29, 0.717) is 0 Å². The van der Waals surface area contributed by atoms with E-state index in [1.165, 1.54) is 32.7 Å². The van der Waals surface area contributed by atoms with E-state index in [9.17, 15) is 0 Å². The van der Waals surface area contributed by atoms with Gasteiger partial charge in [0.2, 0.25) is 0 Å². The Hall–Kier alpha value is -5.28. The van der Waals surface area contributed by atoms with Crippen LogP contribution in [0.3, 0.4) is 0 Å². The van der Waals surface area contributed by atoms with E-state index < -0.39 is 0 Å². The van der Waals surface area contributed by atoms with Crippen LogP contribution in [-0.2, 0) is 0 Å². The maximum Gasteiger partial charge on any atom is 0.113 e. The monoisotopic (exact) mass is 546 g/mol. The molecule has 8 aromatic rings. The van der Waals surface area contributed by atoms with E-state index in [4.69, 9.17) is 17.8 Å². The Balaban J connectivity index is 1.59. The van der Waals surface area contributed by atoms with Crippen LogP contribution in [0.25, 0.3) is 77.0 Å². The lowest BCUT2D eigenvalue weighted by molar-refractivity contribution is 1.39. The molecule has 6 aromatic carbocycles. The first kappa shape index (κ1) is 25.4. The molecule has 2 nitrogen and oxygen atoms in total. The van der Waals surface area contributed by atoms with Crippen molar-refractivity contribution in [3.63, 3.8) is 0 Å². The highest BCUT2D eigenvalue weighted by molar-refractivity contribution is 6.32. The third-order valence-electron chi connectivity index (χ3n) is 8.69. The SMILES string of the molecule is [B]c1cccc(-c2ccc3c(c2)nc(-c2ccccc2)c2c(C)c4c(c(-c5ccccc5)nc5ccccc54)c(C)c23)c1. The van der Waals surface area contributed by atoms with Gasteiger partial charge in [-0.05, 0) is 59.0 Å². The molecule has 0 N–H and O–H groups in total. The van der Waals surface area contributed by atoms with Crippen LogP contribution in [0, 0.1) is 13.8 Å². The predicted octanol–water partition coefficient (Wildman–Crippen LogP) is 9.50. The van der Waals surface area contributed by atoms with Gasteiger partial charge in [-0.2, -0.15) is 0 Å². The maximum atomic E-state index is 6.15. The molecule has 3 heteroatoms. The van der Waals surface area contributed by atoms with Gasteiger partial charge in [-0.3, -0.25) is 0 Å². The van der Waals surface area contributed by atoms with Gasteiger partial charge in [-0.1, -0.05) is 121 Å². The van der Waals surface area contributed by atoms with E-state index in [2.05, 4.69) is 123 Å². The standard InChI is InChI=1S/C40H27BN2/c1-24-35-31-18-9-10-19-33(31)42-39(26-12-5-3-6-13-26)37(35)25(2)36-32-21-20-29(28-16-11-17-30(41)22-28)23-34(32)43-40(38(24)36)27-14-7-4-8-15-27/h3-23H,1-2H3. The fraction of sp³-hybridized carbons (Fsp3) is 0.0500. The van der Waals surface area contributed by atoms with E-state index in [1.54, 1.807) is 0 Å². The summed E-state index contributed by atoms with van der Waals surface area (Å²) in [5.74, 6) is 0. The number of hydrogen-bond donors (Lipinski definition) is 0. The second-order valence-corrected chi connectivity index (χ2v) is 11.3. The molecule has 2 aromatic heterocycles. The van der Waals surface area contributed by atoms with E-state index >= 15 is 0 Å². The van der Waals surface area contributed by atoms with Crippen molar-refractivity contribution in [2.75, 3.05) is 0 Å². The molecular formula is C40H27BN2. The maximum absolute atomic E-state index is 6.15. The molecule has 0 amide bonds. The Labute approximate surface area is 252 Å². The van der Waals surface area contributed by atoms with Crippen LogP contribution in [0.5, 0.6) is 0 Å². The van der Waals surface area contributed by atoms with Gasteiger partial charge in [-0.25, -0.2) is 9.97 Å². The number of nitrogens with zero attached hydrogens (tertiary/aromatic N) is 2. The third-order valence-corrected chi connectivity index (χ3v) is 8.69. The second-order valence-electron chi connectivity index (χ2n) is 11.3. The number of benzene rings is 6. The summed E-state index contributed by atoms with van der Waals surface area (Å²) in [6, 6.07) is 44.3. The summed E-state index contributed by atoms with van der Waals surface area (Å²) < 4.78 is 0. The zero-order chi connectivity index (χ0) is 29.1. The molecule has 43 heavy (non-hydrogen) atoms. The molecule has 0 saturated carbocycles. The van der Waals surface area contributed by atoms with Crippen molar-refractivity contribution >= 4 is 56.7 Å². The van der Waals surface area contributed by atoms with Gasteiger partial charge >= 0.3 is 0 Å². The molecule has 0 spiro atoms. The Bertz CT molecular complexity index is 2360. The fourth-order valence-corrected chi connectivity index (χ4v) is 6.74. The summed E-state index contributed by atoms with van der Waals surface area (Å²) in [5, 5.41) is 7.15. The lowest BCUT2D eigenvalue weighted by Gasteiger charge is -2.21. The van der Waals surface area contributed by atoms with Crippen LogP contribution in [0.2, 0.25) is 0 Å². The molecule has 0 aliphatic rings. The van der Waals surface area contributed by atoms with Gasteiger partial charge < -0.3 is 0 Å². The fourth-order valence-electron chi connectivity index (χ4n) is 6.74.